The standard InChI is InChI=1S/C19H19FN4O3/c1-11(10-25)21-19(26)17-9-15(22-23-17)7-8-16-12(2)27-24-18(16)13-3-5-14(20)6-4-13/h3-9,11,25H,10H2,1-2H3,(H,21,26)(H,22,23)/b8-7+. The molecular weight excluding hydrogens is 351 g/mol. The Kier molecular flexibility index (Phi) is 5.46. The molecule has 0 spiro atoms. The van der Waals surface area contributed by atoms with E-state index in [4.69, 9.17) is 9.63 Å². The fourth-order valence-corrected chi connectivity index (χ4v) is 2.45. The molecule has 1 unspecified atom stereocenters. The summed E-state index contributed by atoms with van der Waals surface area (Å²) in [6, 6.07) is 7.22. The lowest BCUT2D eigenvalue weighted by molar-refractivity contribution is 0.0917. The highest BCUT2D eigenvalue weighted by Gasteiger charge is 2.14. The first-order valence-corrected chi connectivity index (χ1v) is 8.35. The Labute approximate surface area is 154 Å². The van der Waals surface area contributed by atoms with Crippen molar-refractivity contribution in [1.82, 2.24) is 20.7 Å². The van der Waals surface area contributed by atoms with E-state index >= 15 is 0 Å². The van der Waals surface area contributed by atoms with Gasteiger partial charge >= 0.3 is 0 Å². The van der Waals surface area contributed by atoms with Gasteiger partial charge in [-0.15, -0.1) is 0 Å². The fraction of sp³-hybridized carbons (Fsp3) is 0.211. The van der Waals surface area contributed by atoms with Gasteiger partial charge in [0.1, 0.15) is 17.3 Å². The zero-order valence-electron chi connectivity index (χ0n) is 14.9. The molecule has 140 valence electrons. The maximum Gasteiger partial charge on any atom is 0.272 e. The molecule has 0 fully saturated rings. The number of nitrogens with zero attached hydrogens (tertiary/aromatic N) is 2. The highest BCUT2D eigenvalue weighted by Crippen LogP contribution is 2.27. The van der Waals surface area contributed by atoms with E-state index in [1.807, 2.05) is 0 Å². The third-order valence-electron chi connectivity index (χ3n) is 3.94. The average molecular weight is 370 g/mol. The molecule has 1 atom stereocenters. The summed E-state index contributed by atoms with van der Waals surface area (Å²) in [5.74, 6) is -0.0877. The largest absolute Gasteiger partial charge is 0.394 e. The molecule has 0 saturated heterocycles. The molecule has 3 rings (SSSR count). The predicted octanol–water partition coefficient (Wildman–Crippen LogP) is 2.79. The number of aromatic nitrogens is 3. The molecule has 3 N–H and O–H groups in total. The van der Waals surface area contributed by atoms with Gasteiger partial charge in [0.2, 0.25) is 0 Å². The molecule has 0 aliphatic rings. The molecule has 1 aromatic carbocycles. The molecule has 8 heteroatoms. The quantitative estimate of drug-likeness (QED) is 0.619. The molecule has 7 nitrogen and oxygen atoms in total. The molecule has 1 amide bonds. The average Bonchev–Trinajstić information content (AvgIpc) is 3.27. The van der Waals surface area contributed by atoms with Crippen LogP contribution in [0.15, 0.2) is 34.9 Å². The summed E-state index contributed by atoms with van der Waals surface area (Å²) in [5.41, 5.74) is 2.91. The SMILES string of the molecule is Cc1onc(-c2ccc(F)cc2)c1/C=C/c1cc(C(=O)NC(C)CO)n[nH]1. The van der Waals surface area contributed by atoms with Crippen molar-refractivity contribution in [1.29, 1.82) is 0 Å². The number of hydrogen-bond donors (Lipinski definition) is 3. The molecule has 2 aromatic heterocycles. The molecular formula is C19H19FN4O3. The number of hydrogen-bond acceptors (Lipinski definition) is 5. The number of aryl methyl sites for hydroxylation is 1. The lowest BCUT2D eigenvalue weighted by atomic mass is 10.1. The van der Waals surface area contributed by atoms with Crippen molar-refractivity contribution in [3.63, 3.8) is 0 Å². The number of benzene rings is 1. The summed E-state index contributed by atoms with van der Waals surface area (Å²) in [6.45, 7) is 3.32. The molecule has 0 radical (unpaired) electrons. The summed E-state index contributed by atoms with van der Waals surface area (Å²) in [6.07, 6.45) is 3.53. The second kappa shape index (κ2) is 7.96. The van der Waals surface area contributed by atoms with E-state index in [2.05, 4.69) is 20.7 Å². The second-order valence-electron chi connectivity index (χ2n) is 6.11. The van der Waals surface area contributed by atoms with Crippen LogP contribution in [0.3, 0.4) is 0 Å². The van der Waals surface area contributed by atoms with E-state index < -0.39 is 0 Å². The predicted molar refractivity (Wildman–Crippen MR) is 98.2 cm³/mol. The lowest BCUT2D eigenvalue weighted by Crippen LogP contribution is -2.35. The van der Waals surface area contributed by atoms with Crippen molar-refractivity contribution < 1.29 is 18.8 Å². The van der Waals surface area contributed by atoms with Gasteiger partial charge in [0.05, 0.1) is 12.3 Å². The van der Waals surface area contributed by atoms with Crippen LogP contribution in [0.2, 0.25) is 0 Å². The Morgan fingerprint density at radius 3 is 2.81 bits per heavy atom. The van der Waals surface area contributed by atoms with Gasteiger partial charge in [-0.3, -0.25) is 9.89 Å². The highest BCUT2D eigenvalue weighted by molar-refractivity contribution is 5.93. The van der Waals surface area contributed by atoms with Crippen molar-refractivity contribution in [2.75, 3.05) is 6.61 Å². The van der Waals surface area contributed by atoms with E-state index in [1.165, 1.54) is 12.1 Å². The Morgan fingerprint density at radius 2 is 2.11 bits per heavy atom. The number of amides is 1. The fourth-order valence-electron chi connectivity index (χ4n) is 2.45. The van der Waals surface area contributed by atoms with Crippen LogP contribution in [0.1, 0.15) is 34.4 Å². The van der Waals surface area contributed by atoms with E-state index in [1.54, 1.807) is 44.2 Å². The van der Waals surface area contributed by atoms with E-state index in [0.717, 1.165) is 11.1 Å². The van der Waals surface area contributed by atoms with E-state index in [-0.39, 0.29) is 30.1 Å². The van der Waals surface area contributed by atoms with Crippen LogP contribution in [-0.4, -0.2) is 39.0 Å². The van der Waals surface area contributed by atoms with Crippen molar-refractivity contribution in [2.24, 2.45) is 0 Å². The van der Waals surface area contributed by atoms with Gasteiger partial charge in [-0.25, -0.2) is 4.39 Å². The molecule has 27 heavy (non-hydrogen) atoms. The molecule has 2 heterocycles. The number of aromatic amines is 1. The zero-order chi connectivity index (χ0) is 19.4. The van der Waals surface area contributed by atoms with Gasteiger partial charge in [-0.1, -0.05) is 5.16 Å². The third kappa shape index (κ3) is 4.29. The van der Waals surface area contributed by atoms with E-state index in [9.17, 15) is 9.18 Å². The van der Waals surface area contributed by atoms with Crippen molar-refractivity contribution in [2.45, 2.75) is 19.9 Å². The van der Waals surface area contributed by atoms with Crippen LogP contribution in [0.25, 0.3) is 23.4 Å². The minimum Gasteiger partial charge on any atom is -0.394 e. The smallest absolute Gasteiger partial charge is 0.272 e. The van der Waals surface area contributed by atoms with Gasteiger partial charge in [0.15, 0.2) is 5.69 Å². The Balaban J connectivity index is 1.80. The zero-order valence-corrected chi connectivity index (χ0v) is 14.9. The first-order valence-electron chi connectivity index (χ1n) is 8.35. The minimum atomic E-state index is -0.374. The summed E-state index contributed by atoms with van der Waals surface area (Å²) < 4.78 is 18.4. The van der Waals surface area contributed by atoms with Gasteiger partial charge in [-0.2, -0.15) is 5.10 Å². The number of halogens is 1. The van der Waals surface area contributed by atoms with Gasteiger partial charge in [-0.05, 0) is 56.3 Å². The first-order chi connectivity index (χ1) is 13.0. The molecule has 0 bridgehead atoms. The Morgan fingerprint density at radius 1 is 1.37 bits per heavy atom. The van der Waals surface area contributed by atoms with E-state index in [0.29, 0.717) is 17.1 Å². The molecule has 0 saturated carbocycles. The monoisotopic (exact) mass is 370 g/mol. The van der Waals surface area contributed by atoms with Gasteiger partial charge in [0.25, 0.3) is 5.91 Å². The number of aliphatic hydroxyl groups is 1. The van der Waals surface area contributed by atoms with Crippen LogP contribution in [0.5, 0.6) is 0 Å². The van der Waals surface area contributed by atoms with Gasteiger partial charge in [0, 0.05) is 17.2 Å². The number of carbonyl (C=O) groups is 1. The van der Waals surface area contributed by atoms with Crippen LogP contribution in [-0.2, 0) is 0 Å². The number of aliphatic hydroxyl groups excluding tert-OH is 1. The van der Waals surface area contributed by atoms with Crippen LogP contribution < -0.4 is 5.32 Å². The Hall–Kier alpha value is -3.26. The summed E-state index contributed by atoms with van der Waals surface area (Å²) in [5, 5.41) is 22.4. The third-order valence-corrected chi connectivity index (χ3v) is 3.94. The normalized spacial score (nSPS) is 12.4. The number of H-pyrrole nitrogens is 1. The summed E-state index contributed by atoms with van der Waals surface area (Å²) in [7, 11) is 0. The molecule has 0 aliphatic carbocycles. The first kappa shape index (κ1) is 18.5. The number of nitrogens with one attached hydrogen (secondary N) is 2. The van der Waals surface area contributed by atoms with Crippen LogP contribution >= 0.6 is 0 Å². The maximum atomic E-state index is 13.1. The second-order valence-corrected chi connectivity index (χ2v) is 6.11. The number of rotatable bonds is 6. The summed E-state index contributed by atoms with van der Waals surface area (Å²) >= 11 is 0. The lowest BCUT2D eigenvalue weighted by Gasteiger charge is -2.08. The number of carbonyl (C=O) groups excluding carboxylic acids is 1. The van der Waals surface area contributed by atoms with Crippen LogP contribution in [0.4, 0.5) is 4.39 Å². The molecule has 3 aromatic rings. The van der Waals surface area contributed by atoms with Crippen molar-refractivity contribution in [3.05, 3.63) is 58.9 Å². The van der Waals surface area contributed by atoms with Gasteiger partial charge < -0.3 is 14.9 Å². The van der Waals surface area contributed by atoms with Crippen LogP contribution in [0, 0.1) is 12.7 Å². The van der Waals surface area contributed by atoms with Crippen molar-refractivity contribution in [3.8, 4) is 11.3 Å². The summed E-state index contributed by atoms with van der Waals surface area (Å²) in [4.78, 5) is 12.0. The molecule has 0 aliphatic heterocycles. The highest BCUT2D eigenvalue weighted by atomic mass is 19.1. The van der Waals surface area contributed by atoms with Crippen molar-refractivity contribution >= 4 is 18.1 Å². The Bertz CT molecular complexity index is 960. The topological polar surface area (TPSA) is 104 Å². The maximum absolute atomic E-state index is 13.1. The minimum absolute atomic E-state index is 0.151.